The molecule has 1 fully saturated rings. The van der Waals surface area contributed by atoms with Crippen LogP contribution in [-0.2, 0) is 16.6 Å². The minimum atomic E-state index is -3.52. The Hall–Kier alpha value is -0.620. The summed E-state index contributed by atoms with van der Waals surface area (Å²) in [4.78, 5) is 0.175. The average molecular weight is 317 g/mol. The number of halogens is 1. The van der Waals surface area contributed by atoms with Gasteiger partial charge in [0.15, 0.2) is 0 Å². The van der Waals surface area contributed by atoms with E-state index in [2.05, 4.69) is 17.0 Å². The van der Waals surface area contributed by atoms with Crippen LogP contribution in [0, 0.1) is 5.92 Å². The van der Waals surface area contributed by atoms with Crippen LogP contribution < -0.4 is 10.0 Å². The quantitative estimate of drug-likeness (QED) is 0.760. The number of hydrogen-bond acceptors (Lipinski definition) is 3. The molecule has 1 aliphatic rings. The van der Waals surface area contributed by atoms with Gasteiger partial charge in [-0.05, 0) is 43.0 Å². The highest BCUT2D eigenvalue weighted by atomic mass is 35.5. The first-order chi connectivity index (χ1) is 9.44. The SMILES string of the molecule is CCCNCc1ccc(Cl)c(S(=O)(=O)NC2CC2C)c1. The van der Waals surface area contributed by atoms with E-state index in [1.165, 1.54) is 0 Å². The molecule has 2 rings (SSSR count). The molecule has 1 aliphatic carbocycles. The zero-order valence-electron chi connectivity index (χ0n) is 11.8. The molecule has 6 heteroatoms. The first-order valence-electron chi connectivity index (χ1n) is 6.95. The molecule has 0 spiro atoms. The first kappa shape index (κ1) is 15.8. The Balaban J connectivity index is 2.14. The van der Waals surface area contributed by atoms with Crippen molar-refractivity contribution in [2.45, 2.75) is 44.2 Å². The number of rotatable bonds is 7. The highest BCUT2D eigenvalue weighted by molar-refractivity contribution is 7.89. The van der Waals surface area contributed by atoms with Crippen LogP contribution in [0.2, 0.25) is 5.02 Å². The monoisotopic (exact) mass is 316 g/mol. The van der Waals surface area contributed by atoms with E-state index in [0.29, 0.717) is 12.5 Å². The minimum Gasteiger partial charge on any atom is -0.313 e. The molecule has 2 N–H and O–H groups in total. The molecule has 2 atom stereocenters. The second kappa shape index (κ2) is 6.43. The van der Waals surface area contributed by atoms with E-state index in [4.69, 9.17) is 11.6 Å². The van der Waals surface area contributed by atoms with E-state index in [-0.39, 0.29) is 16.0 Å². The largest absolute Gasteiger partial charge is 0.313 e. The summed E-state index contributed by atoms with van der Waals surface area (Å²) in [7, 11) is -3.52. The molecule has 0 aliphatic heterocycles. The third-order valence-corrected chi connectivity index (χ3v) is 5.43. The molecule has 20 heavy (non-hydrogen) atoms. The van der Waals surface area contributed by atoms with E-state index in [1.54, 1.807) is 12.1 Å². The van der Waals surface area contributed by atoms with E-state index in [0.717, 1.165) is 24.9 Å². The molecule has 1 aromatic rings. The first-order valence-corrected chi connectivity index (χ1v) is 8.81. The molecule has 0 saturated heterocycles. The summed E-state index contributed by atoms with van der Waals surface area (Å²) in [6, 6.07) is 5.21. The van der Waals surface area contributed by atoms with Gasteiger partial charge in [0.25, 0.3) is 0 Å². The van der Waals surface area contributed by atoms with Crippen molar-refractivity contribution < 1.29 is 8.42 Å². The second-order valence-corrected chi connectivity index (χ2v) is 7.47. The highest BCUT2D eigenvalue weighted by Gasteiger charge is 2.37. The van der Waals surface area contributed by atoms with Gasteiger partial charge in [-0.15, -0.1) is 0 Å². The van der Waals surface area contributed by atoms with Gasteiger partial charge in [0.05, 0.1) is 5.02 Å². The molecule has 112 valence electrons. The summed E-state index contributed by atoms with van der Waals surface area (Å²) in [6.07, 6.45) is 1.94. The summed E-state index contributed by atoms with van der Waals surface area (Å²) < 4.78 is 27.3. The standard InChI is InChI=1S/C14H21ClN2O2S/c1-3-6-16-9-11-4-5-12(15)14(8-11)20(18,19)17-13-7-10(13)2/h4-5,8,10,13,16-17H,3,6-7,9H2,1-2H3. The van der Waals surface area contributed by atoms with E-state index in [1.807, 2.05) is 13.0 Å². The van der Waals surface area contributed by atoms with Gasteiger partial charge in [0.2, 0.25) is 10.0 Å². The van der Waals surface area contributed by atoms with E-state index >= 15 is 0 Å². The fourth-order valence-corrected chi connectivity index (χ4v) is 3.93. The van der Waals surface area contributed by atoms with Crippen molar-refractivity contribution in [2.24, 2.45) is 5.92 Å². The van der Waals surface area contributed by atoms with Crippen molar-refractivity contribution in [3.8, 4) is 0 Å². The Bertz CT molecular complexity index is 575. The summed E-state index contributed by atoms with van der Waals surface area (Å²) in [6.45, 7) is 5.67. The van der Waals surface area contributed by atoms with Crippen LogP contribution in [-0.4, -0.2) is 21.0 Å². The van der Waals surface area contributed by atoms with Crippen LogP contribution in [0.15, 0.2) is 23.1 Å². The van der Waals surface area contributed by atoms with Gasteiger partial charge in [-0.25, -0.2) is 13.1 Å². The lowest BCUT2D eigenvalue weighted by atomic mass is 10.2. The molecule has 1 aromatic carbocycles. The molecular formula is C14H21ClN2O2S. The zero-order chi connectivity index (χ0) is 14.8. The highest BCUT2D eigenvalue weighted by Crippen LogP contribution is 2.32. The third kappa shape index (κ3) is 3.95. The van der Waals surface area contributed by atoms with Gasteiger partial charge >= 0.3 is 0 Å². The third-order valence-electron chi connectivity index (χ3n) is 3.46. The predicted molar refractivity (Wildman–Crippen MR) is 81.3 cm³/mol. The van der Waals surface area contributed by atoms with Crippen LogP contribution in [0.25, 0.3) is 0 Å². The lowest BCUT2D eigenvalue weighted by molar-refractivity contribution is 0.578. The van der Waals surface area contributed by atoms with Gasteiger partial charge in [-0.1, -0.05) is 31.5 Å². The van der Waals surface area contributed by atoms with Crippen molar-refractivity contribution in [3.63, 3.8) is 0 Å². The summed E-state index contributed by atoms with van der Waals surface area (Å²) in [5.41, 5.74) is 0.923. The fraction of sp³-hybridized carbons (Fsp3) is 0.571. The van der Waals surface area contributed by atoms with Crippen LogP contribution in [0.1, 0.15) is 32.3 Å². The van der Waals surface area contributed by atoms with E-state index < -0.39 is 10.0 Å². The molecule has 1 saturated carbocycles. The summed E-state index contributed by atoms with van der Waals surface area (Å²) in [5.74, 6) is 0.415. The van der Waals surface area contributed by atoms with Crippen LogP contribution in [0.3, 0.4) is 0 Å². The normalized spacial score (nSPS) is 21.9. The molecular weight excluding hydrogens is 296 g/mol. The molecule has 0 radical (unpaired) electrons. The van der Waals surface area contributed by atoms with Gasteiger partial charge in [0, 0.05) is 12.6 Å². The maximum atomic E-state index is 12.3. The summed E-state index contributed by atoms with van der Waals surface area (Å²) >= 11 is 6.04. The lowest BCUT2D eigenvalue weighted by Crippen LogP contribution is -2.27. The molecule has 0 heterocycles. The molecule has 0 aromatic heterocycles. The van der Waals surface area contributed by atoms with Gasteiger partial charge < -0.3 is 5.32 Å². The van der Waals surface area contributed by atoms with Crippen molar-refractivity contribution in [3.05, 3.63) is 28.8 Å². The predicted octanol–water partition coefficient (Wildman–Crippen LogP) is 2.53. The fourth-order valence-electron chi connectivity index (χ4n) is 2.02. The number of benzene rings is 1. The Kier molecular flexibility index (Phi) is 5.07. The maximum Gasteiger partial charge on any atom is 0.242 e. The molecule has 0 amide bonds. The Labute approximate surface area is 126 Å². The number of sulfonamides is 1. The Morgan fingerprint density at radius 3 is 2.70 bits per heavy atom. The smallest absolute Gasteiger partial charge is 0.242 e. The topological polar surface area (TPSA) is 58.2 Å². The van der Waals surface area contributed by atoms with Crippen molar-refractivity contribution in [1.29, 1.82) is 0 Å². The van der Waals surface area contributed by atoms with Gasteiger partial charge in [-0.2, -0.15) is 0 Å². The van der Waals surface area contributed by atoms with Crippen LogP contribution in [0.4, 0.5) is 0 Å². The maximum absolute atomic E-state index is 12.3. The number of hydrogen-bond donors (Lipinski definition) is 2. The van der Waals surface area contributed by atoms with Gasteiger partial charge in [0.1, 0.15) is 4.90 Å². The zero-order valence-corrected chi connectivity index (χ0v) is 13.4. The van der Waals surface area contributed by atoms with Gasteiger partial charge in [-0.3, -0.25) is 0 Å². The lowest BCUT2D eigenvalue weighted by Gasteiger charge is -2.10. The molecule has 2 unspecified atom stereocenters. The van der Waals surface area contributed by atoms with Crippen molar-refractivity contribution >= 4 is 21.6 Å². The van der Waals surface area contributed by atoms with Crippen LogP contribution in [0.5, 0.6) is 0 Å². The average Bonchev–Trinajstić information content (AvgIpc) is 3.06. The molecule has 4 nitrogen and oxygen atoms in total. The molecule has 0 bridgehead atoms. The second-order valence-electron chi connectivity index (χ2n) is 5.38. The van der Waals surface area contributed by atoms with Crippen molar-refractivity contribution in [1.82, 2.24) is 10.0 Å². The Morgan fingerprint density at radius 1 is 1.40 bits per heavy atom. The minimum absolute atomic E-state index is 0.0536. The summed E-state index contributed by atoms with van der Waals surface area (Å²) in [5, 5.41) is 3.52. The number of nitrogens with one attached hydrogen (secondary N) is 2. The Morgan fingerprint density at radius 2 is 2.10 bits per heavy atom. The van der Waals surface area contributed by atoms with Crippen molar-refractivity contribution in [2.75, 3.05) is 6.54 Å². The van der Waals surface area contributed by atoms with E-state index in [9.17, 15) is 8.42 Å². The van der Waals surface area contributed by atoms with Crippen LogP contribution >= 0.6 is 11.6 Å².